The normalized spacial score (nSPS) is 12.0. The summed E-state index contributed by atoms with van der Waals surface area (Å²) in [6.07, 6.45) is 0.555. The third-order valence-electron chi connectivity index (χ3n) is 5.12. The Kier molecular flexibility index (Phi) is 5.25. The number of fused-ring (bicyclic) bond motifs is 2. The lowest BCUT2D eigenvalue weighted by Crippen LogP contribution is -2.26. The number of halogens is 1. The number of rotatable bonds is 6. The van der Waals surface area contributed by atoms with E-state index in [0.29, 0.717) is 22.6 Å². The molecule has 0 spiro atoms. The third kappa shape index (κ3) is 3.59. The molecule has 29 heavy (non-hydrogen) atoms. The quantitative estimate of drug-likeness (QED) is 0.462. The van der Waals surface area contributed by atoms with E-state index in [1.807, 2.05) is 43.3 Å². The lowest BCUT2D eigenvalue weighted by Gasteiger charge is -2.12. The summed E-state index contributed by atoms with van der Waals surface area (Å²) >= 11 is 6.26. The smallest absolute Gasteiger partial charge is 0.241 e. The van der Waals surface area contributed by atoms with Gasteiger partial charge in [-0.25, -0.2) is 13.1 Å². The molecule has 7 heteroatoms. The monoisotopic (exact) mass is 428 g/mol. The lowest BCUT2D eigenvalue weighted by atomic mass is 10.1. The van der Waals surface area contributed by atoms with Gasteiger partial charge in [0.15, 0.2) is 0 Å². The number of H-pyrrole nitrogens is 1. The molecule has 0 saturated carbocycles. The van der Waals surface area contributed by atoms with Crippen LogP contribution in [0.1, 0.15) is 11.3 Å². The van der Waals surface area contributed by atoms with Crippen LogP contribution in [0.3, 0.4) is 0 Å². The average Bonchev–Trinajstić information content (AvgIpc) is 3.04. The Morgan fingerprint density at radius 1 is 1.00 bits per heavy atom. The number of para-hydroxylation sites is 1. The first-order valence-corrected chi connectivity index (χ1v) is 11.1. The minimum absolute atomic E-state index is 0.243. The summed E-state index contributed by atoms with van der Waals surface area (Å²) in [5.74, 6) is 0.644. The molecule has 0 bridgehead atoms. The molecule has 0 saturated heterocycles. The maximum atomic E-state index is 13.0. The van der Waals surface area contributed by atoms with E-state index in [1.54, 1.807) is 25.3 Å². The molecule has 0 unspecified atom stereocenters. The zero-order valence-electron chi connectivity index (χ0n) is 16.1. The number of hydrogen-bond donors (Lipinski definition) is 2. The molecule has 0 fully saturated rings. The van der Waals surface area contributed by atoms with Crippen LogP contribution in [-0.4, -0.2) is 27.1 Å². The Labute approximate surface area is 174 Å². The predicted octanol–water partition coefficient (Wildman–Crippen LogP) is 4.81. The zero-order valence-corrected chi connectivity index (χ0v) is 17.7. The Morgan fingerprint density at radius 3 is 2.48 bits per heavy atom. The fraction of sp³-hybridized carbons (Fsp3) is 0.182. The van der Waals surface area contributed by atoms with Gasteiger partial charge < -0.3 is 9.72 Å². The van der Waals surface area contributed by atoms with Crippen molar-refractivity contribution in [3.63, 3.8) is 0 Å². The Balaban J connectivity index is 1.61. The highest BCUT2D eigenvalue weighted by Crippen LogP contribution is 2.31. The summed E-state index contributed by atoms with van der Waals surface area (Å²) in [5.41, 5.74) is 2.93. The molecular formula is C22H21ClN2O3S. The molecule has 0 amide bonds. The minimum Gasteiger partial charge on any atom is -0.496 e. The van der Waals surface area contributed by atoms with E-state index in [9.17, 15) is 8.42 Å². The zero-order chi connectivity index (χ0) is 20.6. The van der Waals surface area contributed by atoms with Crippen LogP contribution in [-0.2, 0) is 16.4 Å². The van der Waals surface area contributed by atoms with Crippen molar-refractivity contribution in [2.24, 2.45) is 0 Å². The van der Waals surface area contributed by atoms with Gasteiger partial charge in [-0.1, -0.05) is 48.0 Å². The molecule has 0 radical (unpaired) electrons. The molecule has 1 aromatic heterocycles. The largest absolute Gasteiger partial charge is 0.496 e. The van der Waals surface area contributed by atoms with Crippen molar-refractivity contribution in [3.8, 4) is 5.75 Å². The number of nitrogens with one attached hydrogen (secondary N) is 2. The van der Waals surface area contributed by atoms with E-state index in [1.165, 1.54) is 0 Å². The van der Waals surface area contributed by atoms with Gasteiger partial charge in [-0.05, 0) is 37.1 Å². The first-order valence-electron chi connectivity index (χ1n) is 9.23. The molecule has 3 aromatic carbocycles. The van der Waals surface area contributed by atoms with Crippen LogP contribution in [0.15, 0.2) is 59.5 Å². The van der Waals surface area contributed by atoms with Gasteiger partial charge in [0.05, 0.1) is 22.5 Å². The molecule has 150 valence electrons. The lowest BCUT2D eigenvalue weighted by molar-refractivity contribution is 0.419. The van der Waals surface area contributed by atoms with Gasteiger partial charge in [-0.15, -0.1) is 0 Å². The third-order valence-corrected chi connectivity index (χ3v) is 6.96. The number of aromatic amines is 1. The molecule has 5 nitrogen and oxygen atoms in total. The summed E-state index contributed by atoms with van der Waals surface area (Å²) in [6.45, 7) is 2.25. The van der Waals surface area contributed by atoms with Crippen molar-refractivity contribution in [1.29, 1.82) is 0 Å². The fourth-order valence-corrected chi connectivity index (χ4v) is 5.20. The van der Waals surface area contributed by atoms with Crippen LogP contribution in [0.4, 0.5) is 0 Å². The second-order valence-electron chi connectivity index (χ2n) is 6.85. The highest BCUT2D eigenvalue weighted by molar-refractivity contribution is 7.89. The maximum absolute atomic E-state index is 13.0. The first-order chi connectivity index (χ1) is 13.9. The van der Waals surface area contributed by atoms with Crippen LogP contribution in [0.2, 0.25) is 5.02 Å². The standard InChI is InChI=1S/C22H21ClN2O3S/c1-14-15(18-8-5-9-19(23)22(18)25-14)12-13-24-29(26,27)21-11-10-20(28-2)16-6-3-4-7-17(16)21/h3-11,24-25H,12-13H2,1-2H3. The van der Waals surface area contributed by atoms with E-state index in [-0.39, 0.29) is 11.4 Å². The van der Waals surface area contributed by atoms with E-state index in [4.69, 9.17) is 16.3 Å². The Bertz CT molecular complexity index is 1310. The molecule has 2 N–H and O–H groups in total. The Hall–Kier alpha value is -2.54. The minimum atomic E-state index is -3.68. The van der Waals surface area contributed by atoms with Gasteiger partial charge in [-0.2, -0.15) is 0 Å². The second kappa shape index (κ2) is 7.71. The number of methoxy groups -OCH3 is 1. The number of ether oxygens (including phenoxy) is 1. The number of hydrogen-bond acceptors (Lipinski definition) is 3. The van der Waals surface area contributed by atoms with Crippen LogP contribution in [0.25, 0.3) is 21.7 Å². The van der Waals surface area contributed by atoms with Crippen molar-refractivity contribution >= 4 is 43.3 Å². The summed E-state index contributed by atoms with van der Waals surface area (Å²) in [5, 5.41) is 3.07. The molecule has 4 rings (SSSR count). The molecule has 0 aliphatic rings. The Morgan fingerprint density at radius 2 is 1.72 bits per heavy atom. The van der Waals surface area contributed by atoms with Gasteiger partial charge in [-0.3, -0.25) is 0 Å². The van der Waals surface area contributed by atoms with Crippen molar-refractivity contribution < 1.29 is 13.2 Å². The molecule has 4 aromatic rings. The second-order valence-corrected chi connectivity index (χ2v) is 8.99. The van der Waals surface area contributed by atoms with E-state index >= 15 is 0 Å². The highest BCUT2D eigenvalue weighted by Gasteiger charge is 2.19. The molecule has 0 aliphatic heterocycles. The van der Waals surface area contributed by atoms with E-state index < -0.39 is 10.0 Å². The maximum Gasteiger partial charge on any atom is 0.241 e. The summed E-state index contributed by atoms with van der Waals surface area (Å²) < 4.78 is 34.1. The van der Waals surface area contributed by atoms with E-state index in [0.717, 1.165) is 27.5 Å². The topological polar surface area (TPSA) is 71.2 Å². The first kappa shape index (κ1) is 19.8. The van der Waals surface area contributed by atoms with Gasteiger partial charge in [0.25, 0.3) is 0 Å². The van der Waals surface area contributed by atoms with Crippen LogP contribution in [0, 0.1) is 6.92 Å². The molecule has 1 heterocycles. The van der Waals surface area contributed by atoms with E-state index in [2.05, 4.69) is 9.71 Å². The number of sulfonamides is 1. The number of aryl methyl sites for hydroxylation is 1. The van der Waals surface area contributed by atoms with Gasteiger partial charge in [0.1, 0.15) is 5.75 Å². The fourth-order valence-electron chi connectivity index (χ4n) is 3.73. The van der Waals surface area contributed by atoms with Gasteiger partial charge in [0.2, 0.25) is 10.0 Å². The van der Waals surface area contributed by atoms with Gasteiger partial charge >= 0.3 is 0 Å². The SMILES string of the molecule is COc1ccc(S(=O)(=O)NCCc2c(C)[nH]c3c(Cl)cccc23)c2ccccc12. The van der Waals surface area contributed by atoms with Crippen molar-refractivity contribution in [3.05, 3.63) is 70.9 Å². The van der Waals surface area contributed by atoms with Crippen molar-refractivity contribution in [2.45, 2.75) is 18.2 Å². The number of benzene rings is 3. The van der Waals surface area contributed by atoms with Crippen LogP contribution in [0.5, 0.6) is 5.75 Å². The molecule has 0 aliphatic carbocycles. The summed E-state index contributed by atoms with van der Waals surface area (Å²) in [4.78, 5) is 3.53. The predicted molar refractivity (Wildman–Crippen MR) is 117 cm³/mol. The average molecular weight is 429 g/mol. The van der Waals surface area contributed by atoms with Crippen molar-refractivity contribution in [1.82, 2.24) is 9.71 Å². The molecular weight excluding hydrogens is 408 g/mol. The molecule has 0 atom stereocenters. The van der Waals surface area contributed by atoms with Gasteiger partial charge in [0, 0.05) is 28.4 Å². The number of aromatic nitrogens is 1. The van der Waals surface area contributed by atoms with Crippen molar-refractivity contribution in [2.75, 3.05) is 13.7 Å². The summed E-state index contributed by atoms with van der Waals surface area (Å²) in [7, 11) is -2.11. The summed E-state index contributed by atoms with van der Waals surface area (Å²) in [6, 6.07) is 16.3. The van der Waals surface area contributed by atoms with Crippen LogP contribution >= 0.6 is 11.6 Å². The van der Waals surface area contributed by atoms with Crippen LogP contribution < -0.4 is 9.46 Å². The highest BCUT2D eigenvalue weighted by atomic mass is 35.5.